The Kier molecular flexibility index (Phi) is 2.26. The average molecular weight is 298 g/mol. The lowest BCUT2D eigenvalue weighted by Crippen LogP contribution is -2.30. The Morgan fingerprint density at radius 3 is 3.06 bits per heavy atom. The van der Waals surface area contributed by atoms with Gasteiger partial charge in [0.05, 0.1) is 16.0 Å². The van der Waals surface area contributed by atoms with E-state index >= 15 is 0 Å². The summed E-state index contributed by atoms with van der Waals surface area (Å²) in [5.41, 5.74) is 0.567. The van der Waals surface area contributed by atoms with E-state index in [9.17, 15) is 9.18 Å². The number of benzene rings is 1. The zero-order valence-electron chi connectivity index (χ0n) is 9.04. The SMILES string of the molecule is C[C@H]1COc2c(Br)c(F)cc3ccc(=O)n1c23. The van der Waals surface area contributed by atoms with E-state index in [1.165, 1.54) is 12.1 Å². The fourth-order valence-electron chi connectivity index (χ4n) is 2.19. The van der Waals surface area contributed by atoms with Crippen molar-refractivity contribution in [3.63, 3.8) is 0 Å². The molecular formula is C12H9BrFNO2. The third-order valence-electron chi connectivity index (χ3n) is 2.97. The molecule has 0 radical (unpaired) electrons. The number of halogens is 2. The molecule has 1 aromatic heterocycles. The number of pyridine rings is 1. The predicted octanol–water partition coefficient (Wildman–Crippen LogP) is 2.86. The molecule has 0 saturated heterocycles. The molecular weight excluding hydrogens is 289 g/mol. The highest BCUT2D eigenvalue weighted by Crippen LogP contribution is 2.38. The van der Waals surface area contributed by atoms with Crippen LogP contribution in [0.15, 0.2) is 27.5 Å². The second-order valence-corrected chi connectivity index (χ2v) is 4.93. The summed E-state index contributed by atoms with van der Waals surface area (Å²) in [5, 5.41) is 0.673. The van der Waals surface area contributed by atoms with Gasteiger partial charge in [-0.2, -0.15) is 0 Å². The Labute approximate surface area is 105 Å². The fraction of sp³-hybridized carbons (Fsp3) is 0.250. The standard InChI is InChI=1S/C12H9BrFNO2/c1-6-5-17-12-10(13)8(14)4-7-2-3-9(16)15(6)11(7)12/h2-4,6H,5H2,1H3/t6-/m0/s1. The van der Waals surface area contributed by atoms with Gasteiger partial charge >= 0.3 is 0 Å². The maximum atomic E-state index is 13.6. The number of ether oxygens (including phenoxy) is 1. The largest absolute Gasteiger partial charge is 0.488 e. The molecule has 1 aliphatic heterocycles. The fourth-order valence-corrected chi connectivity index (χ4v) is 2.60. The summed E-state index contributed by atoms with van der Waals surface area (Å²) >= 11 is 3.16. The van der Waals surface area contributed by atoms with Crippen molar-refractivity contribution in [3.05, 3.63) is 38.8 Å². The Morgan fingerprint density at radius 2 is 2.29 bits per heavy atom. The maximum absolute atomic E-state index is 13.6. The first kappa shape index (κ1) is 10.8. The van der Waals surface area contributed by atoms with Crippen LogP contribution < -0.4 is 10.3 Å². The van der Waals surface area contributed by atoms with Crippen LogP contribution in [-0.4, -0.2) is 11.2 Å². The maximum Gasteiger partial charge on any atom is 0.251 e. The van der Waals surface area contributed by atoms with Crippen molar-refractivity contribution in [2.45, 2.75) is 13.0 Å². The number of aromatic nitrogens is 1. The highest BCUT2D eigenvalue weighted by atomic mass is 79.9. The van der Waals surface area contributed by atoms with E-state index < -0.39 is 0 Å². The van der Waals surface area contributed by atoms with Gasteiger partial charge in [-0.05, 0) is 35.0 Å². The van der Waals surface area contributed by atoms with Gasteiger partial charge in [0.2, 0.25) is 0 Å². The number of hydrogen-bond donors (Lipinski definition) is 0. The average Bonchev–Trinajstić information content (AvgIpc) is 2.30. The molecule has 88 valence electrons. The van der Waals surface area contributed by atoms with Gasteiger partial charge in [-0.3, -0.25) is 9.36 Å². The molecule has 0 saturated carbocycles. The first-order valence-electron chi connectivity index (χ1n) is 5.25. The van der Waals surface area contributed by atoms with Crippen LogP contribution in [0.1, 0.15) is 13.0 Å². The Bertz CT molecular complexity index is 680. The van der Waals surface area contributed by atoms with Gasteiger partial charge in [-0.25, -0.2) is 4.39 Å². The van der Waals surface area contributed by atoms with Crippen LogP contribution in [0.2, 0.25) is 0 Å². The lowest BCUT2D eigenvalue weighted by molar-refractivity contribution is 0.242. The minimum absolute atomic E-state index is 0.0453. The van der Waals surface area contributed by atoms with Gasteiger partial charge in [0.15, 0.2) is 5.75 Å². The van der Waals surface area contributed by atoms with E-state index in [1.807, 2.05) is 6.92 Å². The van der Waals surface area contributed by atoms with E-state index in [1.54, 1.807) is 10.6 Å². The lowest BCUT2D eigenvalue weighted by atomic mass is 10.1. The van der Waals surface area contributed by atoms with Gasteiger partial charge in [0.1, 0.15) is 12.4 Å². The smallest absolute Gasteiger partial charge is 0.251 e. The van der Waals surface area contributed by atoms with Gasteiger partial charge in [-0.1, -0.05) is 0 Å². The molecule has 1 aromatic carbocycles. The molecule has 2 aromatic rings. The Balaban J connectivity index is 2.57. The highest BCUT2D eigenvalue weighted by Gasteiger charge is 2.24. The van der Waals surface area contributed by atoms with Crippen molar-refractivity contribution in [2.75, 3.05) is 6.61 Å². The summed E-state index contributed by atoms with van der Waals surface area (Å²) in [5.74, 6) is 0.0306. The third kappa shape index (κ3) is 1.42. The number of rotatable bonds is 0. The van der Waals surface area contributed by atoms with Crippen LogP contribution in [0.3, 0.4) is 0 Å². The second-order valence-electron chi connectivity index (χ2n) is 4.14. The molecule has 3 nitrogen and oxygen atoms in total. The zero-order chi connectivity index (χ0) is 12.2. The number of hydrogen-bond acceptors (Lipinski definition) is 2. The summed E-state index contributed by atoms with van der Waals surface area (Å²) in [4.78, 5) is 11.9. The normalized spacial score (nSPS) is 18.2. The molecule has 17 heavy (non-hydrogen) atoms. The van der Waals surface area contributed by atoms with Crippen LogP contribution in [-0.2, 0) is 0 Å². The summed E-state index contributed by atoms with van der Waals surface area (Å²) in [6, 6.07) is 4.44. The van der Waals surface area contributed by atoms with Crippen LogP contribution >= 0.6 is 15.9 Å². The van der Waals surface area contributed by atoms with E-state index in [4.69, 9.17) is 4.74 Å². The summed E-state index contributed by atoms with van der Waals surface area (Å²) in [7, 11) is 0. The summed E-state index contributed by atoms with van der Waals surface area (Å²) in [6.07, 6.45) is 0. The molecule has 0 N–H and O–H groups in total. The third-order valence-corrected chi connectivity index (χ3v) is 3.71. The quantitative estimate of drug-likeness (QED) is 0.749. The zero-order valence-corrected chi connectivity index (χ0v) is 10.6. The minimum atomic E-state index is -0.382. The van der Waals surface area contributed by atoms with Crippen LogP contribution in [0.5, 0.6) is 5.75 Å². The first-order chi connectivity index (χ1) is 8.09. The molecule has 0 aliphatic carbocycles. The van der Waals surface area contributed by atoms with Crippen molar-refractivity contribution >= 4 is 26.8 Å². The second kappa shape index (κ2) is 3.57. The van der Waals surface area contributed by atoms with Gasteiger partial charge in [0, 0.05) is 11.5 Å². The molecule has 3 rings (SSSR count). The highest BCUT2D eigenvalue weighted by molar-refractivity contribution is 9.10. The lowest BCUT2D eigenvalue weighted by Gasteiger charge is -2.26. The molecule has 0 fully saturated rings. The van der Waals surface area contributed by atoms with Crippen molar-refractivity contribution in [1.82, 2.24) is 4.57 Å². The minimum Gasteiger partial charge on any atom is -0.488 e. The molecule has 2 heterocycles. The van der Waals surface area contributed by atoms with Crippen molar-refractivity contribution in [3.8, 4) is 5.75 Å². The molecule has 5 heteroatoms. The van der Waals surface area contributed by atoms with E-state index in [0.717, 1.165) is 0 Å². The molecule has 0 bridgehead atoms. The van der Waals surface area contributed by atoms with Crippen molar-refractivity contribution in [2.24, 2.45) is 0 Å². The van der Waals surface area contributed by atoms with Gasteiger partial charge in [-0.15, -0.1) is 0 Å². The Morgan fingerprint density at radius 1 is 1.53 bits per heavy atom. The van der Waals surface area contributed by atoms with Gasteiger partial charge < -0.3 is 4.74 Å². The predicted molar refractivity (Wildman–Crippen MR) is 66.1 cm³/mol. The summed E-state index contributed by atoms with van der Waals surface area (Å²) in [6.45, 7) is 2.27. The van der Waals surface area contributed by atoms with Crippen molar-refractivity contribution in [1.29, 1.82) is 0 Å². The van der Waals surface area contributed by atoms with Crippen LogP contribution in [0.25, 0.3) is 10.9 Å². The van der Waals surface area contributed by atoms with E-state index in [-0.39, 0.29) is 21.9 Å². The first-order valence-corrected chi connectivity index (χ1v) is 6.05. The van der Waals surface area contributed by atoms with Crippen LogP contribution in [0, 0.1) is 5.82 Å². The van der Waals surface area contributed by atoms with E-state index in [2.05, 4.69) is 15.9 Å². The Hall–Kier alpha value is -1.36. The molecule has 1 aliphatic rings. The van der Waals surface area contributed by atoms with Crippen molar-refractivity contribution < 1.29 is 9.13 Å². The van der Waals surface area contributed by atoms with Crippen LogP contribution in [0.4, 0.5) is 4.39 Å². The molecule has 1 atom stereocenters. The monoisotopic (exact) mass is 297 g/mol. The van der Waals surface area contributed by atoms with E-state index in [0.29, 0.717) is 23.3 Å². The molecule has 0 unspecified atom stereocenters. The topological polar surface area (TPSA) is 31.2 Å². The molecule has 0 spiro atoms. The summed E-state index contributed by atoms with van der Waals surface area (Å²) < 4.78 is 21.1. The molecule has 0 amide bonds. The van der Waals surface area contributed by atoms with Gasteiger partial charge in [0.25, 0.3) is 5.56 Å². The number of nitrogens with zero attached hydrogens (tertiary/aromatic N) is 1.